The topological polar surface area (TPSA) is 9.23 Å². The number of hydrogen-bond donors (Lipinski definition) is 0. The lowest BCUT2D eigenvalue weighted by atomic mass is 9.84. The quantitative estimate of drug-likeness (QED) is 0.496. The summed E-state index contributed by atoms with van der Waals surface area (Å²) in [5.41, 5.74) is -1.57. The minimum atomic E-state index is -1.61. The maximum Gasteiger partial charge on any atom is 0.167 e. The van der Waals surface area contributed by atoms with Crippen molar-refractivity contribution in [2.24, 2.45) is 11.8 Å². The highest BCUT2D eigenvalue weighted by Crippen LogP contribution is 2.79. The molecule has 2 bridgehead atoms. The third-order valence-corrected chi connectivity index (χ3v) is 8.92. The molecule has 0 unspecified atom stereocenters. The average molecular weight is 412 g/mol. The molecule has 102 valence electrons. The Morgan fingerprint density at radius 2 is 1.11 bits per heavy atom. The lowest BCUT2D eigenvalue weighted by Gasteiger charge is -2.34. The predicted octanol–water partition coefficient (Wildman–Crippen LogP) is 5.22. The van der Waals surface area contributed by atoms with Crippen molar-refractivity contribution in [1.82, 2.24) is 0 Å². The summed E-state index contributed by atoms with van der Waals surface area (Å²) in [6.07, 6.45) is 0. The summed E-state index contributed by atoms with van der Waals surface area (Å²) >= 11 is 50.3. The first-order chi connectivity index (χ1) is 8.11. The monoisotopic (exact) mass is 408 g/mol. The first kappa shape index (κ1) is 14.9. The van der Waals surface area contributed by atoms with E-state index in [4.69, 9.17) is 97.5 Å². The third-order valence-electron chi connectivity index (χ3n) is 3.88. The molecule has 0 aromatic rings. The Bertz CT molecular complexity index is 425. The predicted molar refractivity (Wildman–Crippen MR) is 77.7 cm³/mol. The van der Waals surface area contributed by atoms with Crippen LogP contribution in [0.4, 0.5) is 0 Å². The summed E-state index contributed by atoms with van der Waals surface area (Å²) in [7, 11) is 0. The van der Waals surface area contributed by atoms with Crippen LogP contribution in [-0.4, -0.2) is 25.2 Å². The highest BCUT2D eigenvalue weighted by Gasteiger charge is 2.86. The zero-order chi connectivity index (χ0) is 13.7. The summed E-state index contributed by atoms with van der Waals surface area (Å²) in [5.74, 6) is -1.04. The van der Waals surface area contributed by atoms with Crippen molar-refractivity contribution >= 4 is 92.8 Å². The highest BCUT2D eigenvalue weighted by molar-refractivity contribution is 6.66. The minimum absolute atomic E-state index is 0.104. The van der Waals surface area contributed by atoms with E-state index in [1.807, 2.05) is 0 Å². The largest absolute Gasteiger partial charge is 0.343 e. The lowest BCUT2D eigenvalue weighted by Crippen LogP contribution is -2.47. The van der Waals surface area contributed by atoms with Crippen LogP contribution in [-0.2, 0) is 4.74 Å². The molecule has 1 heterocycles. The maximum absolute atomic E-state index is 6.54. The van der Waals surface area contributed by atoms with E-state index in [1.165, 1.54) is 0 Å². The van der Waals surface area contributed by atoms with Crippen molar-refractivity contribution in [3.8, 4) is 0 Å². The van der Waals surface area contributed by atoms with Gasteiger partial charge in [-0.15, -0.1) is 23.2 Å². The Labute approximate surface area is 143 Å². The number of fused-ring (bicyclic) bond motifs is 5. The van der Waals surface area contributed by atoms with Crippen LogP contribution in [0.3, 0.4) is 0 Å². The summed E-state index contributed by atoms with van der Waals surface area (Å²) in [4.78, 5) is -2.81. The molecule has 0 aromatic carbocycles. The molecule has 3 aliphatic rings. The molecule has 0 aromatic heterocycles. The molecule has 6 atom stereocenters. The van der Waals surface area contributed by atoms with Gasteiger partial charge in [-0.25, -0.2) is 0 Å². The summed E-state index contributed by atoms with van der Waals surface area (Å²) in [6, 6.07) is 0. The van der Waals surface area contributed by atoms with E-state index in [0.29, 0.717) is 0 Å². The van der Waals surface area contributed by atoms with Gasteiger partial charge in [0.05, 0.1) is 10.1 Å². The van der Waals surface area contributed by atoms with Crippen LogP contribution in [0.15, 0.2) is 10.1 Å². The van der Waals surface area contributed by atoms with Crippen LogP contribution in [0.2, 0.25) is 0 Å². The highest BCUT2D eigenvalue weighted by atomic mass is 35.5. The second-order valence-corrected chi connectivity index (χ2v) is 8.65. The van der Waals surface area contributed by atoms with Crippen LogP contribution in [0.1, 0.15) is 0 Å². The van der Waals surface area contributed by atoms with Gasteiger partial charge >= 0.3 is 0 Å². The molecule has 0 amide bonds. The van der Waals surface area contributed by atoms with Gasteiger partial charge < -0.3 is 4.74 Å². The van der Waals surface area contributed by atoms with E-state index in [-0.39, 0.29) is 10.1 Å². The molecule has 0 spiro atoms. The molecule has 2 aliphatic carbocycles. The van der Waals surface area contributed by atoms with Crippen molar-refractivity contribution in [1.29, 1.82) is 0 Å². The molecule has 2 fully saturated rings. The summed E-state index contributed by atoms with van der Waals surface area (Å²) < 4.78 is 3.72. The van der Waals surface area contributed by atoms with Crippen molar-refractivity contribution < 1.29 is 4.74 Å². The van der Waals surface area contributed by atoms with Gasteiger partial charge in [0.25, 0.3) is 0 Å². The van der Waals surface area contributed by atoms with E-state index in [9.17, 15) is 0 Å². The van der Waals surface area contributed by atoms with E-state index in [1.54, 1.807) is 0 Å². The third kappa shape index (κ3) is 1.27. The smallest absolute Gasteiger partial charge is 0.167 e. The van der Waals surface area contributed by atoms with Crippen LogP contribution in [0, 0.1) is 11.8 Å². The number of allylic oxidation sites excluding steroid dienone is 2. The van der Waals surface area contributed by atoms with Crippen molar-refractivity contribution in [3.05, 3.63) is 10.1 Å². The van der Waals surface area contributed by atoms with E-state index >= 15 is 0 Å². The molecule has 3 rings (SSSR count). The Kier molecular flexibility index (Phi) is 3.37. The molecule has 1 saturated carbocycles. The molecule has 0 N–H and O–H groups in total. The standard InChI is InChI=1S/C9H4Cl8O/c10-3-4(11)8(15)2-1(5(12)18-6(2)13)7(3,14)9(8,16)17/h1-2,5-6H/t1-,2+,5+,6-,7+,8-. The molecular weight excluding hydrogens is 408 g/mol. The average Bonchev–Trinajstić information content (AvgIpc) is 2.68. The van der Waals surface area contributed by atoms with Gasteiger partial charge in [-0.05, 0) is 0 Å². The number of halogens is 8. The Hall–Kier alpha value is 2.02. The molecular formula is C9H4Cl8O. The second-order valence-electron chi connectivity index (χ2n) is 4.52. The Morgan fingerprint density at radius 1 is 0.778 bits per heavy atom. The Morgan fingerprint density at radius 3 is 1.44 bits per heavy atom. The molecule has 9 heteroatoms. The molecule has 18 heavy (non-hydrogen) atoms. The van der Waals surface area contributed by atoms with Gasteiger partial charge in [0.2, 0.25) is 0 Å². The van der Waals surface area contributed by atoms with Crippen LogP contribution in [0.5, 0.6) is 0 Å². The van der Waals surface area contributed by atoms with Gasteiger partial charge in [-0.3, -0.25) is 0 Å². The number of rotatable bonds is 0. The lowest BCUT2D eigenvalue weighted by molar-refractivity contribution is 0.112. The van der Waals surface area contributed by atoms with Gasteiger partial charge in [-0.1, -0.05) is 69.6 Å². The fraction of sp³-hybridized carbons (Fsp3) is 0.778. The van der Waals surface area contributed by atoms with Crippen LogP contribution < -0.4 is 0 Å². The fourth-order valence-corrected chi connectivity index (χ4v) is 7.18. The zero-order valence-corrected chi connectivity index (χ0v) is 14.3. The van der Waals surface area contributed by atoms with E-state index in [2.05, 4.69) is 0 Å². The SMILES string of the molecule is ClC1=C(Cl)[C@]2(Cl)[C@H]3[C@H]([C@@H](Cl)O[C@H]3Cl)[C@@]1(Cl)C2(Cl)Cl. The van der Waals surface area contributed by atoms with Crippen molar-refractivity contribution in [2.75, 3.05) is 0 Å². The molecule has 0 radical (unpaired) electrons. The van der Waals surface area contributed by atoms with E-state index in [0.717, 1.165) is 0 Å². The Balaban J connectivity index is 2.30. The van der Waals surface area contributed by atoms with Gasteiger partial charge in [-0.2, -0.15) is 0 Å². The first-order valence-corrected chi connectivity index (χ1v) is 8.01. The normalized spacial score (nSPS) is 57.3. The summed E-state index contributed by atoms with van der Waals surface area (Å²) in [5, 5.41) is 0.208. The zero-order valence-electron chi connectivity index (χ0n) is 8.24. The van der Waals surface area contributed by atoms with Crippen LogP contribution >= 0.6 is 92.8 Å². The van der Waals surface area contributed by atoms with Crippen LogP contribution in [0.25, 0.3) is 0 Å². The molecule has 1 nitrogen and oxygen atoms in total. The van der Waals surface area contributed by atoms with Gasteiger partial charge in [0, 0.05) is 11.8 Å². The maximum atomic E-state index is 6.54. The van der Waals surface area contributed by atoms with Gasteiger partial charge in [0.1, 0.15) is 20.9 Å². The number of ether oxygens (including phenoxy) is 1. The minimum Gasteiger partial charge on any atom is -0.343 e. The van der Waals surface area contributed by atoms with Crippen molar-refractivity contribution in [3.63, 3.8) is 0 Å². The van der Waals surface area contributed by atoms with Crippen molar-refractivity contribution in [2.45, 2.75) is 25.2 Å². The number of alkyl halides is 6. The molecule has 1 aliphatic heterocycles. The number of hydrogen-bond acceptors (Lipinski definition) is 1. The second kappa shape index (κ2) is 4.06. The fourth-order valence-electron chi connectivity index (χ4n) is 3.05. The molecule has 1 saturated heterocycles. The van der Waals surface area contributed by atoms with Gasteiger partial charge in [0.15, 0.2) is 4.33 Å². The van der Waals surface area contributed by atoms with E-state index < -0.39 is 37.0 Å². The first-order valence-electron chi connectivity index (χ1n) is 4.87. The summed E-state index contributed by atoms with van der Waals surface area (Å²) in [6.45, 7) is 0.